The van der Waals surface area contributed by atoms with E-state index in [1.54, 1.807) is 0 Å². The molecule has 0 saturated carbocycles. The van der Waals surface area contributed by atoms with E-state index in [0.717, 1.165) is 48.9 Å². The first-order chi connectivity index (χ1) is 8.58. The third-order valence-electron chi connectivity index (χ3n) is 3.29. The molecule has 0 spiro atoms. The van der Waals surface area contributed by atoms with Crippen molar-refractivity contribution in [2.24, 2.45) is 5.73 Å². The predicted octanol–water partition coefficient (Wildman–Crippen LogP) is 2.12. The summed E-state index contributed by atoms with van der Waals surface area (Å²) in [6.45, 7) is 4.16. The van der Waals surface area contributed by atoms with Gasteiger partial charge in [-0.25, -0.2) is 0 Å². The number of anilines is 1. The van der Waals surface area contributed by atoms with E-state index < -0.39 is 0 Å². The van der Waals surface area contributed by atoms with Gasteiger partial charge >= 0.3 is 0 Å². The Morgan fingerprint density at radius 2 is 2.06 bits per heavy atom. The molecule has 0 radical (unpaired) electrons. The van der Waals surface area contributed by atoms with Crippen LogP contribution in [-0.2, 0) is 0 Å². The summed E-state index contributed by atoms with van der Waals surface area (Å²) in [5.41, 5.74) is 7.77. The van der Waals surface area contributed by atoms with E-state index in [1.165, 1.54) is 0 Å². The lowest BCUT2D eigenvalue weighted by Crippen LogP contribution is -2.30. The molecule has 98 valence electrons. The van der Waals surface area contributed by atoms with Crippen molar-refractivity contribution in [3.05, 3.63) is 28.8 Å². The van der Waals surface area contributed by atoms with Gasteiger partial charge in [-0.2, -0.15) is 0 Å². The Morgan fingerprint density at radius 1 is 1.28 bits per heavy atom. The van der Waals surface area contributed by atoms with Crippen LogP contribution in [0, 0.1) is 0 Å². The molecule has 3 nitrogen and oxygen atoms in total. The minimum Gasteiger partial charge on any atom is -0.389 e. The normalized spacial score (nSPS) is 17.6. The number of likely N-dealkylation sites (N-methyl/N-ethyl adjacent to an activating group) is 1. The van der Waals surface area contributed by atoms with Gasteiger partial charge in [0.05, 0.1) is 0 Å². The number of hydrogen-bond acceptors (Lipinski definition) is 3. The molecule has 2 N–H and O–H groups in total. The molecule has 1 aliphatic rings. The molecule has 5 heteroatoms. The van der Waals surface area contributed by atoms with Gasteiger partial charge < -0.3 is 15.5 Å². The van der Waals surface area contributed by atoms with Gasteiger partial charge in [0.1, 0.15) is 4.99 Å². The van der Waals surface area contributed by atoms with E-state index >= 15 is 0 Å². The largest absolute Gasteiger partial charge is 0.389 e. The van der Waals surface area contributed by atoms with Crippen molar-refractivity contribution in [2.45, 2.75) is 6.42 Å². The molecule has 2 rings (SSSR count). The summed E-state index contributed by atoms with van der Waals surface area (Å²) >= 11 is 11.2. The second-order valence-electron chi connectivity index (χ2n) is 4.67. The van der Waals surface area contributed by atoms with Gasteiger partial charge in [-0.1, -0.05) is 23.8 Å². The van der Waals surface area contributed by atoms with Crippen molar-refractivity contribution in [3.63, 3.8) is 0 Å². The van der Waals surface area contributed by atoms with Gasteiger partial charge in [0.15, 0.2) is 0 Å². The number of thiocarbonyl (C=S) groups is 1. The smallest absolute Gasteiger partial charge is 0.106 e. The van der Waals surface area contributed by atoms with Crippen LogP contribution in [-0.4, -0.2) is 43.1 Å². The zero-order valence-electron chi connectivity index (χ0n) is 10.5. The average Bonchev–Trinajstić information content (AvgIpc) is 2.53. The highest BCUT2D eigenvalue weighted by Crippen LogP contribution is 2.26. The molecular formula is C13H18ClN3S. The lowest BCUT2D eigenvalue weighted by molar-refractivity contribution is 0.360. The zero-order valence-corrected chi connectivity index (χ0v) is 12.1. The highest BCUT2D eigenvalue weighted by atomic mass is 35.5. The summed E-state index contributed by atoms with van der Waals surface area (Å²) in [6, 6.07) is 5.71. The van der Waals surface area contributed by atoms with E-state index in [0.29, 0.717) is 4.99 Å². The van der Waals surface area contributed by atoms with E-state index in [4.69, 9.17) is 29.6 Å². The lowest BCUT2D eigenvalue weighted by Gasteiger charge is -2.25. The van der Waals surface area contributed by atoms with E-state index in [2.05, 4.69) is 16.8 Å². The third-order valence-corrected chi connectivity index (χ3v) is 3.74. The fourth-order valence-electron chi connectivity index (χ4n) is 2.26. The second-order valence-corrected chi connectivity index (χ2v) is 5.55. The highest BCUT2D eigenvalue weighted by molar-refractivity contribution is 7.80. The summed E-state index contributed by atoms with van der Waals surface area (Å²) in [6.07, 6.45) is 1.14. The van der Waals surface area contributed by atoms with E-state index in [1.807, 2.05) is 18.2 Å². The molecule has 0 bridgehead atoms. The van der Waals surface area contributed by atoms with Gasteiger partial charge in [0, 0.05) is 35.9 Å². The van der Waals surface area contributed by atoms with Gasteiger partial charge in [-0.15, -0.1) is 0 Å². The minimum absolute atomic E-state index is 0.430. The van der Waals surface area contributed by atoms with Crippen LogP contribution in [0.2, 0.25) is 5.02 Å². The van der Waals surface area contributed by atoms with Crippen molar-refractivity contribution >= 4 is 34.5 Å². The number of rotatable bonds is 2. The Bertz CT molecular complexity index is 450. The molecule has 1 aromatic carbocycles. The van der Waals surface area contributed by atoms with Crippen LogP contribution in [0.3, 0.4) is 0 Å². The monoisotopic (exact) mass is 283 g/mol. The molecular weight excluding hydrogens is 266 g/mol. The van der Waals surface area contributed by atoms with Crippen LogP contribution in [0.15, 0.2) is 18.2 Å². The number of halogens is 1. The summed E-state index contributed by atoms with van der Waals surface area (Å²) in [5.74, 6) is 0. The summed E-state index contributed by atoms with van der Waals surface area (Å²) in [7, 11) is 2.15. The molecule has 1 saturated heterocycles. The fourth-order valence-corrected chi connectivity index (χ4v) is 2.60. The first-order valence-corrected chi connectivity index (χ1v) is 6.89. The van der Waals surface area contributed by atoms with Crippen LogP contribution in [0.25, 0.3) is 0 Å². The first kappa shape index (κ1) is 13.6. The van der Waals surface area contributed by atoms with Crippen molar-refractivity contribution in [3.8, 4) is 0 Å². The third kappa shape index (κ3) is 3.13. The molecule has 1 heterocycles. The summed E-state index contributed by atoms with van der Waals surface area (Å²) in [4.78, 5) is 5.09. The van der Waals surface area contributed by atoms with Gasteiger partial charge in [-0.05, 0) is 38.2 Å². The predicted molar refractivity (Wildman–Crippen MR) is 81.7 cm³/mol. The molecule has 1 aromatic rings. The van der Waals surface area contributed by atoms with Crippen molar-refractivity contribution < 1.29 is 0 Å². The molecule has 18 heavy (non-hydrogen) atoms. The van der Waals surface area contributed by atoms with Crippen molar-refractivity contribution in [1.82, 2.24) is 4.90 Å². The Balaban J connectivity index is 2.30. The molecule has 0 aliphatic carbocycles. The Morgan fingerprint density at radius 3 is 2.78 bits per heavy atom. The van der Waals surface area contributed by atoms with Gasteiger partial charge in [0.25, 0.3) is 0 Å². The maximum Gasteiger partial charge on any atom is 0.106 e. The van der Waals surface area contributed by atoms with Crippen LogP contribution in [0.4, 0.5) is 5.69 Å². The van der Waals surface area contributed by atoms with E-state index in [-0.39, 0.29) is 0 Å². The number of nitrogens with zero attached hydrogens (tertiary/aromatic N) is 2. The maximum atomic E-state index is 6.09. The fraction of sp³-hybridized carbons (Fsp3) is 0.462. The summed E-state index contributed by atoms with van der Waals surface area (Å²) in [5, 5.41) is 0.725. The van der Waals surface area contributed by atoms with Crippen LogP contribution in [0.1, 0.15) is 12.0 Å². The van der Waals surface area contributed by atoms with Crippen molar-refractivity contribution in [1.29, 1.82) is 0 Å². The first-order valence-electron chi connectivity index (χ1n) is 6.11. The lowest BCUT2D eigenvalue weighted by atomic mass is 10.1. The molecule has 1 fully saturated rings. The van der Waals surface area contributed by atoms with Gasteiger partial charge in [0.2, 0.25) is 0 Å². The Hall–Kier alpha value is -0.840. The van der Waals surface area contributed by atoms with Crippen molar-refractivity contribution in [2.75, 3.05) is 38.1 Å². The van der Waals surface area contributed by atoms with Gasteiger partial charge in [-0.3, -0.25) is 0 Å². The van der Waals surface area contributed by atoms with Crippen LogP contribution >= 0.6 is 23.8 Å². The number of nitrogens with two attached hydrogens (primary N) is 1. The topological polar surface area (TPSA) is 32.5 Å². The molecule has 0 unspecified atom stereocenters. The molecule has 0 amide bonds. The molecule has 0 atom stereocenters. The average molecular weight is 284 g/mol. The van der Waals surface area contributed by atoms with Crippen LogP contribution < -0.4 is 10.6 Å². The van der Waals surface area contributed by atoms with Crippen LogP contribution in [0.5, 0.6) is 0 Å². The number of benzene rings is 1. The zero-order chi connectivity index (χ0) is 13.1. The standard InChI is InChI=1S/C13H18ClN3S/c1-16-5-2-6-17(8-7-16)12-9-10(14)3-4-11(12)13(15)18/h3-4,9H,2,5-8H2,1H3,(H2,15,18). The Kier molecular flexibility index (Phi) is 4.43. The molecule has 1 aliphatic heterocycles. The number of hydrogen-bond donors (Lipinski definition) is 1. The van der Waals surface area contributed by atoms with E-state index in [9.17, 15) is 0 Å². The maximum absolute atomic E-state index is 6.09. The highest BCUT2D eigenvalue weighted by Gasteiger charge is 2.16. The quantitative estimate of drug-likeness (QED) is 0.843. The second kappa shape index (κ2) is 5.87. The summed E-state index contributed by atoms with van der Waals surface area (Å²) < 4.78 is 0. The minimum atomic E-state index is 0.430. The SMILES string of the molecule is CN1CCCN(c2cc(Cl)ccc2C(N)=S)CC1. The molecule has 0 aromatic heterocycles. The Labute approximate surface area is 119 Å².